The first-order valence-corrected chi connectivity index (χ1v) is 10.1. The third kappa shape index (κ3) is 4.15. The maximum atomic E-state index is 12.2. The van der Waals surface area contributed by atoms with E-state index >= 15 is 0 Å². The van der Waals surface area contributed by atoms with Crippen LogP contribution in [0.25, 0.3) is 17.4 Å². The van der Waals surface area contributed by atoms with Gasteiger partial charge in [-0.2, -0.15) is 5.26 Å². The maximum absolute atomic E-state index is 12.2. The molecule has 1 aromatic heterocycles. The van der Waals surface area contributed by atoms with Crippen LogP contribution in [0.15, 0.2) is 46.4 Å². The molecule has 0 aliphatic carbocycles. The van der Waals surface area contributed by atoms with E-state index in [1.54, 1.807) is 30.3 Å². The molecule has 0 spiro atoms. The lowest BCUT2D eigenvalue weighted by atomic mass is 10.2. The van der Waals surface area contributed by atoms with Gasteiger partial charge in [-0.05, 0) is 30.7 Å². The van der Waals surface area contributed by atoms with E-state index in [0.29, 0.717) is 28.5 Å². The number of hydrogen-bond acceptors (Lipinski definition) is 5. The van der Waals surface area contributed by atoms with Crippen LogP contribution in [0.2, 0.25) is 5.02 Å². The van der Waals surface area contributed by atoms with Crippen LogP contribution < -0.4 is 5.32 Å². The van der Waals surface area contributed by atoms with Gasteiger partial charge >= 0.3 is 0 Å². The largest absolute Gasteiger partial charge is 0.457 e. The molecule has 0 saturated carbocycles. The van der Waals surface area contributed by atoms with E-state index in [9.17, 15) is 18.5 Å². The number of nitriles is 1. The SMILES string of the molecule is N#C/C(=C\c1ccc(-c2ccccc2Cl)o1)C(=O)NC1CCS(=O)(=O)C1. The predicted octanol–water partition coefficient (Wildman–Crippen LogP) is 2.81. The molecule has 1 fully saturated rings. The van der Waals surface area contributed by atoms with Gasteiger partial charge in [-0.25, -0.2) is 8.42 Å². The van der Waals surface area contributed by atoms with E-state index in [2.05, 4.69) is 5.32 Å². The molecule has 1 aliphatic rings. The van der Waals surface area contributed by atoms with E-state index in [-0.39, 0.29) is 17.1 Å². The summed E-state index contributed by atoms with van der Waals surface area (Å²) in [5.74, 6) is 0.162. The Labute approximate surface area is 156 Å². The molecule has 1 atom stereocenters. The molecule has 2 aromatic rings. The smallest absolute Gasteiger partial charge is 0.262 e. The van der Waals surface area contributed by atoms with E-state index in [1.807, 2.05) is 12.1 Å². The summed E-state index contributed by atoms with van der Waals surface area (Å²) < 4.78 is 28.6. The highest BCUT2D eigenvalue weighted by Crippen LogP contribution is 2.29. The molecule has 1 N–H and O–H groups in total. The monoisotopic (exact) mass is 390 g/mol. The Hall–Kier alpha value is -2.56. The Kier molecular flexibility index (Phi) is 5.16. The molecular weight excluding hydrogens is 376 g/mol. The number of nitrogens with zero attached hydrogens (tertiary/aromatic N) is 1. The van der Waals surface area contributed by atoms with Crippen molar-refractivity contribution < 1.29 is 17.6 Å². The molecule has 1 amide bonds. The highest BCUT2D eigenvalue weighted by molar-refractivity contribution is 7.91. The van der Waals surface area contributed by atoms with E-state index < -0.39 is 21.8 Å². The van der Waals surface area contributed by atoms with Crippen LogP contribution in [0.3, 0.4) is 0 Å². The van der Waals surface area contributed by atoms with Gasteiger partial charge in [0.1, 0.15) is 23.2 Å². The number of sulfone groups is 1. The molecule has 1 aliphatic heterocycles. The Balaban J connectivity index is 1.76. The lowest BCUT2D eigenvalue weighted by Gasteiger charge is -2.09. The zero-order valence-electron chi connectivity index (χ0n) is 13.6. The minimum absolute atomic E-state index is 0.0446. The van der Waals surface area contributed by atoms with Crippen molar-refractivity contribution >= 4 is 33.4 Å². The standard InChI is InChI=1S/C18H15ClN2O4S/c19-16-4-2-1-3-15(16)17-6-5-14(25-17)9-12(10-20)18(22)21-13-7-8-26(23,24)11-13/h1-6,9,13H,7-8,11H2,(H,21,22)/b12-9+. The fourth-order valence-electron chi connectivity index (χ4n) is 2.70. The first kappa shape index (κ1) is 18.2. The summed E-state index contributed by atoms with van der Waals surface area (Å²) in [6.45, 7) is 0. The van der Waals surface area contributed by atoms with Gasteiger partial charge in [0, 0.05) is 17.7 Å². The molecule has 2 heterocycles. The molecule has 0 radical (unpaired) electrons. The number of nitrogens with one attached hydrogen (secondary N) is 1. The number of carbonyl (C=O) groups excluding carboxylic acids is 1. The van der Waals surface area contributed by atoms with Gasteiger partial charge in [-0.15, -0.1) is 0 Å². The molecular formula is C18H15ClN2O4S. The van der Waals surface area contributed by atoms with Crippen molar-refractivity contribution in [3.8, 4) is 17.4 Å². The second-order valence-electron chi connectivity index (χ2n) is 5.93. The van der Waals surface area contributed by atoms with Gasteiger partial charge in [0.05, 0.1) is 16.5 Å². The van der Waals surface area contributed by atoms with Gasteiger partial charge in [-0.3, -0.25) is 4.79 Å². The van der Waals surface area contributed by atoms with E-state index in [1.165, 1.54) is 6.08 Å². The number of furan rings is 1. The van der Waals surface area contributed by atoms with Crippen LogP contribution in [-0.4, -0.2) is 31.9 Å². The molecule has 1 saturated heterocycles. The van der Waals surface area contributed by atoms with Crippen molar-refractivity contribution in [2.24, 2.45) is 0 Å². The van der Waals surface area contributed by atoms with Crippen LogP contribution in [0.4, 0.5) is 0 Å². The summed E-state index contributed by atoms with van der Waals surface area (Å²) in [7, 11) is -3.11. The lowest BCUT2D eigenvalue weighted by Crippen LogP contribution is -2.36. The van der Waals surface area contributed by atoms with Gasteiger partial charge < -0.3 is 9.73 Å². The minimum Gasteiger partial charge on any atom is -0.457 e. The van der Waals surface area contributed by atoms with Crippen molar-refractivity contribution in [2.75, 3.05) is 11.5 Å². The normalized spacial score (nSPS) is 19.1. The molecule has 0 bridgehead atoms. The van der Waals surface area contributed by atoms with Gasteiger partial charge in [0.25, 0.3) is 5.91 Å². The number of amides is 1. The van der Waals surface area contributed by atoms with E-state index in [0.717, 1.165) is 0 Å². The molecule has 1 aromatic carbocycles. The highest BCUT2D eigenvalue weighted by Gasteiger charge is 2.29. The molecule has 26 heavy (non-hydrogen) atoms. The highest BCUT2D eigenvalue weighted by atomic mass is 35.5. The maximum Gasteiger partial charge on any atom is 0.262 e. The second kappa shape index (κ2) is 7.36. The molecule has 134 valence electrons. The average Bonchev–Trinajstić information content (AvgIpc) is 3.19. The molecule has 8 heteroatoms. The van der Waals surface area contributed by atoms with Crippen molar-refractivity contribution in [1.82, 2.24) is 5.32 Å². The third-order valence-corrected chi connectivity index (χ3v) is 6.08. The first-order valence-electron chi connectivity index (χ1n) is 7.86. The summed E-state index contributed by atoms with van der Waals surface area (Å²) in [5, 5.41) is 12.3. The summed E-state index contributed by atoms with van der Waals surface area (Å²) in [4.78, 5) is 12.2. The summed E-state index contributed by atoms with van der Waals surface area (Å²) in [6, 6.07) is 11.8. The van der Waals surface area contributed by atoms with Crippen LogP contribution in [0, 0.1) is 11.3 Å². The zero-order valence-corrected chi connectivity index (χ0v) is 15.2. The molecule has 6 nitrogen and oxygen atoms in total. The third-order valence-electron chi connectivity index (χ3n) is 3.99. The number of benzene rings is 1. The van der Waals surface area contributed by atoms with Crippen LogP contribution in [0.5, 0.6) is 0 Å². The average molecular weight is 391 g/mol. The van der Waals surface area contributed by atoms with Gasteiger partial charge in [0.2, 0.25) is 0 Å². The molecule has 3 rings (SSSR count). The van der Waals surface area contributed by atoms with Crippen LogP contribution in [0.1, 0.15) is 12.2 Å². The summed E-state index contributed by atoms with van der Waals surface area (Å²) in [6.07, 6.45) is 1.67. The van der Waals surface area contributed by atoms with Crippen LogP contribution >= 0.6 is 11.6 Å². The Bertz CT molecular complexity index is 1020. The topological polar surface area (TPSA) is 100 Å². The van der Waals surface area contributed by atoms with Crippen molar-refractivity contribution in [3.05, 3.63) is 52.8 Å². The zero-order chi connectivity index (χ0) is 18.7. The fraction of sp³-hybridized carbons (Fsp3) is 0.222. The van der Waals surface area contributed by atoms with Crippen molar-refractivity contribution in [3.63, 3.8) is 0 Å². The Morgan fingerprint density at radius 1 is 1.31 bits per heavy atom. The quantitative estimate of drug-likeness (QED) is 0.639. The van der Waals surface area contributed by atoms with Crippen molar-refractivity contribution in [2.45, 2.75) is 12.5 Å². The van der Waals surface area contributed by atoms with Crippen molar-refractivity contribution in [1.29, 1.82) is 5.26 Å². The number of carbonyl (C=O) groups is 1. The van der Waals surface area contributed by atoms with Gasteiger partial charge in [0.15, 0.2) is 9.84 Å². The summed E-state index contributed by atoms with van der Waals surface area (Å²) in [5.41, 5.74) is 0.544. The Morgan fingerprint density at radius 3 is 2.73 bits per heavy atom. The number of halogens is 1. The Morgan fingerprint density at radius 2 is 2.08 bits per heavy atom. The van der Waals surface area contributed by atoms with Crippen LogP contribution in [-0.2, 0) is 14.6 Å². The fourth-order valence-corrected chi connectivity index (χ4v) is 4.60. The van der Waals surface area contributed by atoms with Gasteiger partial charge in [-0.1, -0.05) is 23.7 Å². The predicted molar refractivity (Wildman–Crippen MR) is 97.9 cm³/mol. The first-order chi connectivity index (χ1) is 12.4. The number of hydrogen-bond donors (Lipinski definition) is 1. The summed E-state index contributed by atoms with van der Waals surface area (Å²) >= 11 is 6.13. The lowest BCUT2D eigenvalue weighted by molar-refractivity contribution is -0.117. The minimum atomic E-state index is -3.11. The second-order valence-corrected chi connectivity index (χ2v) is 8.56. The molecule has 1 unspecified atom stereocenters. The van der Waals surface area contributed by atoms with E-state index in [4.69, 9.17) is 16.0 Å². The number of rotatable bonds is 4.